The van der Waals surface area contributed by atoms with Gasteiger partial charge in [0.25, 0.3) is 5.69 Å². The molecule has 7 heteroatoms. The van der Waals surface area contributed by atoms with Crippen molar-refractivity contribution in [2.24, 2.45) is 5.92 Å². The summed E-state index contributed by atoms with van der Waals surface area (Å²) in [5.41, 5.74) is 0.248. The number of hydrogen-bond acceptors (Lipinski definition) is 5. The Balaban J connectivity index is 2.04. The van der Waals surface area contributed by atoms with Crippen LogP contribution in [0.25, 0.3) is 0 Å². The maximum Gasteiger partial charge on any atom is 0.337 e. The molecule has 0 bridgehead atoms. The van der Waals surface area contributed by atoms with E-state index in [2.05, 4.69) is 0 Å². The molecule has 0 spiro atoms. The van der Waals surface area contributed by atoms with E-state index in [0.717, 1.165) is 6.61 Å². The first-order valence-corrected chi connectivity index (χ1v) is 6.79. The van der Waals surface area contributed by atoms with Crippen molar-refractivity contribution >= 4 is 17.3 Å². The van der Waals surface area contributed by atoms with Gasteiger partial charge >= 0.3 is 5.97 Å². The van der Waals surface area contributed by atoms with Crippen LogP contribution in [0.4, 0.5) is 11.4 Å². The second-order valence-electron chi connectivity index (χ2n) is 5.20. The molecule has 0 atom stereocenters. The molecule has 1 aliphatic carbocycles. The highest BCUT2D eigenvalue weighted by Gasteiger charge is 2.21. The van der Waals surface area contributed by atoms with Crippen LogP contribution in [0.5, 0.6) is 0 Å². The Bertz CT molecular complexity index is 542. The molecule has 0 aliphatic heterocycles. The third-order valence-corrected chi connectivity index (χ3v) is 3.46. The van der Waals surface area contributed by atoms with Gasteiger partial charge in [-0.05, 0) is 24.8 Å². The minimum absolute atomic E-state index is 0.0466. The molecule has 1 aromatic carbocycles. The number of nitro groups is 1. The predicted molar refractivity (Wildman–Crippen MR) is 76.9 cm³/mol. The molecule has 0 aromatic heterocycles. The van der Waals surface area contributed by atoms with Gasteiger partial charge in [0.1, 0.15) is 0 Å². The molecule has 0 heterocycles. The number of anilines is 1. The fourth-order valence-electron chi connectivity index (χ4n) is 1.99. The van der Waals surface area contributed by atoms with Crippen LogP contribution in [-0.4, -0.2) is 42.8 Å². The van der Waals surface area contributed by atoms with E-state index in [1.165, 1.54) is 31.0 Å². The molecule has 0 radical (unpaired) electrons. The lowest BCUT2D eigenvalue weighted by atomic mass is 10.1. The van der Waals surface area contributed by atoms with Gasteiger partial charge in [-0.3, -0.25) is 10.1 Å². The monoisotopic (exact) mass is 294 g/mol. The van der Waals surface area contributed by atoms with Crippen LogP contribution >= 0.6 is 0 Å². The number of aromatic carboxylic acids is 1. The molecule has 21 heavy (non-hydrogen) atoms. The van der Waals surface area contributed by atoms with Crippen molar-refractivity contribution in [2.75, 3.05) is 31.7 Å². The van der Waals surface area contributed by atoms with E-state index in [4.69, 9.17) is 9.84 Å². The Morgan fingerprint density at radius 3 is 2.81 bits per heavy atom. The van der Waals surface area contributed by atoms with E-state index in [9.17, 15) is 14.9 Å². The minimum Gasteiger partial charge on any atom is -0.478 e. The van der Waals surface area contributed by atoms with Crippen LogP contribution in [0.2, 0.25) is 0 Å². The zero-order valence-electron chi connectivity index (χ0n) is 11.8. The first-order chi connectivity index (χ1) is 9.99. The molecule has 0 amide bonds. The molecule has 114 valence electrons. The highest BCUT2D eigenvalue weighted by Crippen LogP contribution is 2.29. The van der Waals surface area contributed by atoms with Crippen molar-refractivity contribution in [3.05, 3.63) is 33.9 Å². The Kier molecular flexibility index (Phi) is 4.74. The third kappa shape index (κ3) is 4.16. The molecule has 1 aliphatic rings. The number of rotatable bonds is 8. The van der Waals surface area contributed by atoms with Crippen molar-refractivity contribution in [3.8, 4) is 0 Å². The molecular weight excluding hydrogens is 276 g/mol. The second kappa shape index (κ2) is 6.53. The van der Waals surface area contributed by atoms with Crippen molar-refractivity contribution < 1.29 is 19.6 Å². The van der Waals surface area contributed by atoms with Gasteiger partial charge < -0.3 is 14.7 Å². The summed E-state index contributed by atoms with van der Waals surface area (Å²) in [6.07, 6.45) is 2.42. The largest absolute Gasteiger partial charge is 0.478 e. The predicted octanol–water partition coefficient (Wildman–Crippen LogP) is 2.16. The van der Waals surface area contributed by atoms with E-state index in [1.807, 2.05) is 0 Å². The average Bonchev–Trinajstić information content (AvgIpc) is 3.26. The van der Waals surface area contributed by atoms with Gasteiger partial charge in [-0.25, -0.2) is 4.79 Å². The summed E-state index contributed by atoms with van der Waals surface area (Å²) in [5.74, 6) is -0.437. The van der Waals surface area contributed by atoms with Crippen LogP contribution in [0.3, 0.4) is 0 Å². The first kappa shape index (κ1) is 15.2. The number of carboxylic acid groups (broad SMARTS) is 1. The Labute approximate surface area is 122 Å². The van der Waals surface area contributed by atoms with Gasteiger partial charge in [0.15, 0.2) is 0 Å². The summed E-state index contributed by atoms with van der Waals surface area (Å²) in [6.45, 7) is 1.68. The molecule has 7 nitrogen and oxygen atoms in total. The number of carboxylic acids is 1. The second-order valence-corrected chi connectivity index (χ2v) is 5.20. The summed E-state index contributed by atoms with van der Waals surface area (Å²) in [6, 6.07) is 3.74. The van der Waals surface area contributed by atoms with Crippen LogP contribution in [0.1, 0.15) is 23.2 Å². The Morgan fingerprint density at radius 1 is 1.52 bits per heavy atom. The molecule has 2 rings (SSSR count). The molecule has 0 unspecified atom stereocenters. The number of nitro benzene ring substituents is 1. The van der Waals surface area contributed by atoms with Gasteiger partial charge in [0.05, 0.1) is 22.8 Å². The molecule has 0 saturated heterocycles. The van der Waals surface area contributed by atoms with Crippen LogP contribution in [0, 0.1) is 16.0 Å². The molecule has 1 N–H and O–H groups in total. The van der Waals surface area contributed by atoms with Crippen molar-refractivity contribution in [2.45, 2.75) is 12.8 Å². The molecule has 1 saturated carbocycles. The van der Waals surface area contributed by atoms with Crippen LogP contribution < -0.4 is 4.90 Å². The molecule has 1 fully saturated rings. The van der Waals surface area contributed by atoms with Crippen LogP contribution in [0.15, 0.2) is 18.2 Å². The fourth-order valence-corrected chi connectivity index (χ4v) is 1.99. The van der Waals surface area contributed by atoms with Crippen LogP contribution in [-0.2, 0) is 4.74 Å². The van der Waals surface area contributed by atoms with Crippen molar-refractivity contribution in [1.82, 2.24) is 0 Å². The number of nitrogens with zero attached hydrogens (tertiary/aromatic N) is 2. The Hall–Kier alpha value is -2.15. The summed E-state index contributed by atoms with van der Waals surface area (Å²) < 4.78 is 5.50. The SMILES string of the molecule is CN(CCOCC1CC1)c1cc([N+](=O)[O-])ccc1C(=O)O. The van der Waals surface area contributed by atoms with Crippen molar-refractivity contribution in [1.29, 1.82) is 0 Å². The van der Waals surface area contributed by atoms with Gasteiger partial charge in [0.2, 0.25) is 0 Å². The zero-order chi connectivity index (χ0) is 15.4. The van der Waals surface area contributed by atoms with Gasteiger partial charge in [-0.15, -0.1) is 0 Å². The topological polar surface area (TPSA) is 92.9 Å². The lowest BCUT2D eigenvalue weighted by molar-refractivity contribution is -0.384. The van der Waals surface area contributed by atoms with Gasteiger partial charge in [-0.2, -0.15) is 0 Å². The zero-order valence-corrected chi connectivity index (χ0v) is 11.8. The number of likely N-dealkylation sites (N-methyl/N-ethyl adjacent to an activating group) is 1. The van der Waals surface area contributed by atoms with Gasteiger partial charge in [-0.1, -0.05) is 0 Å². The number of carbonyl (C=O) groups is 1. The number of benzene rings is 1. The quantitative estimate of drug-likeness (QED) is 0.448. The molecule has 1 aromatic rings. The van der Waals surface area contributed by atoms with E-state index in [-0.39, 0.29) is 11.3 Å². The van der Waals surface area contributed by atoms with Crippen molar-refractivity contribution in [3.63, 3.8) is 0 Å². The number of hydrogen-bond donors (Lipinski definition) is 1. The summed E-state index contributed by atoms with van der Waals surface area (Å²) >= 11 is 0. The maximum atomic E-state index is 11.2. The number of non-ortho nitro benzene ring substituents is 1. The van der Waals surface area contributed by atoms with E-state index in [0.29, 0.717) is 24.8 Å². The average molecular weight is 294 g/mol. The van der Waals surface area contributed by atoms with E-state index >= 15 is 0 Å². The fraction of sp³-hybridized carbons (Fsp3) is 0.500. The highest BCUT2D eigenvalue weighted by atomic mass is 16.6. The normalized spacial score (nSPS) is 14.0. The summed E-state index contributed by atoms with van der Waals surface area (Å²) in [5, 5.41) is 20.0. The lowest BCUT2D eigenvalue weighted by Crippen LogP contribution is -2.25. The Morgan fingerprint density at radius 2 is 2.24 bits per heavy atom. The first-order valence-electron chi connectivity index (χ1n) is 6.79. The summed E-state index contributed by atoms with van der Waals surface area (Å²) in [7, 11) is 1.70. The van der Waals surface area contributed by atoms with E-state index < -0.39 is 10.9 Å². The van der Waals surface area contributed by atoms with E-state index in [1.54, 1.807) is 11.9 Å². The smallest absolute Gasteiger partial charge is 0.337 e. The lowest BCUT2D eigenvalue weighted by Gasteiger charge is -2.21. The molecular formula is C14H18N2O5. The highest BCUT2D eigenvalue weighted by molar-refractivity contribution is 5.95. The van der Waals surface area contributed by atoms with Gasteiger partial charge in [0, 0.05) is 32.3 Å². The standard InChI is InChI=1S/C14H18N2O5/c1-15(6-7-21-9-10-2-3-10)13-8-11(16(19)20)4-5-12(13)14(17)18/h4-5,8,10H,2-3,6-7,9H2,1H3,(H,17,18). The number of ether oxygens (including phenoxy) is 1. The minimum atomic E-state index is -1.11. The third-order valence-electron chi connectivity index (χ3n) is 3.46. The maximum absolute atomic E-state index is 11.2. The summed E-state index contributed by atoms with van der Waals surface area (Å²) in [4.78, 5) is 23.2.